The van der Waals surface area contributed by atoms with Crippen LogP contribution in [0.25, 0.3) is 33.4 Å². The van der Waals surface area contributed by atoms with E-state index in [1.807, 2.05) is 14.2 Å². The van der Waals surface area contributed by atoms with Crippen molar-refractivity contribution in [3.63, 3.8) is 0 Å². The van der Waals surface area contributed by atoms with E-state index in [2.05, 4.69) is 157 Å². The standard InChI is InChI=1S/C53H52N2O2/c1-50-27-11-13-29-52(50,56-3)46-34-38(23-25-48(46)54(50)42-15-7-5-8-16-42)36-19-21-40-31-41-22-20-37(33-45(41)44(40)32-36)39-24-26-49-47(35-39)53(57-4)30-14-12-28-51(53,2)55(49)43-17-9-6-10-18-43/h5-10,15-26,32-35H,11-14,27-31H2,1-4H3. The van der Waals surface area contributed by atoms with Crippen molar-refractivity contribution < 1.29 is 9.47 Å². The predicted molar refractivity (Wildman–Crippen MR) is 234 cm³/mol. The van der Waals surface area contributed by atoms with E-state index in [9.17, 15) is 0 Å². The number of anilines is 4. The van der Waals surface area contributed by atoms with Crippen LogP contribution in [0.5, 0.6) is 0 Å². The van der Waals surface area contributed by atoms with Crippen LogP contribution in [0.2, 0.25) is 0 Å². The molecular weight excluding hydrogens is 697 g/mol. The molecule has 6 aromatic rings. The molecule has 0 N–H and O–H groups in total. The minimum absolute atomic E-state index is 0.161. The van der Waals surface area contributed by atoms with Crippen LogP contribution in [0.1, 0.15) is 87.5 Å². The van der Waals surface area contributed by atoms with Gasteiger partial charge in [0.25, 0.3) is 0 Å². The van der Waals surface area contributed by atoms with Crippen molar-refractivity contribution in [2.45, 2.75) is 93.9 Å². The van der Waals surface area contributed by atoms with Gasteiger partial charge in [0.15, 0.2) is 0 Å². The summed E-state index contributed by atoms with van der Waals surface area (Å²) in [6, 6.07) is 50.4. The zero-order chi connectivity index (χ0) is 38.6. The van der Waals surface area contributed by atoms with Gasteiger partial charge < -0.3 is 19.3 Å². The van der Waals surface area contributed by atoms with E-state index < -0.39 is 0 Å². The van der Waals surface area contributed by atoms with Gasteiger partial charge in [-0.25, -0.2) is 0 Å². The highest BCUT2D eigenvalue weighted by Crippen LogP contribution is 2.63. The number of nitrogens with zero attached hydrogens (tertiary/aromatic N) is 2. The molecule has 0 bridgehead atoms. The monoisotopic (exact) mass is 748 g/mol. The first kappa shape index (κ1) is 35.0. The van der Waals surface area contributed by atoms with Gasteiger partial charge in [0, 0.05) is 48.1 Å². The summed E-state index contributed by atoms with van der Waals surface area (Å²) >= 11 is 0. The van der Waals surface area contributed by atoms with E-state index in [1.54, 1.807) is 0 Å². The number of methoxy groups -OCH3 is 2. The Balaban J connectivity index is 0.986. The SMILES string of the molecule is COC12CCCCC1(C)N(c1ccccc1)c1ccc(-c3ccc4c(c3)-c3cc(-c5ccc6c(c5)C5(OC)CCCCC5(C)N6c5ccccc5)ccc3C4)cc12. The molecule has 57 heavy (non-hydrogen) atoms. The van der Waals surface area contributed by atoms with Gasteiger partial charge in [0.2, 0.25) is 0 Å². The second-order valence-corrected chi connectivity index (χ2v) is 17.8. The van der Waals surface area contributed by atoms with Gasteiger partial charge in [-0.2, -0.15) is 0 Å². The molecule has 5 aliphatic rings. The molecular formula is C53H52N2O2. The van der Waals surface area contributed by atoms with Crippen LogP contribution >= 0.6 is 0 Å². The van der Waals surface area contributed by atoms with Gasteiger partial charge in [-0.05, 0) is 151 Å². The first-order valence-corrected chi connectivity index (χ1v) is 21.2. The van der Waals surface area contributed by atoms with Gasteiger partial charge in [0.05, 0.1) is 11.1 Å². The first-order chi connectivity index (χ1) is 27.8. The molecule has 4 heteroatoms. The molecule has 286 valence electrons. The number of rotatable bonds is 6. The zero-order valence-electron chi connectivity index (χ0n) is 33.8. The van der Waals surface area contributed by atoms with Crippen LogP contribution in [-0.4, -0.2) is 25.3 Å². The number of hydrogen-bond donors (Lipinski definition) is 0. The Morgan fingerprint density at radius 2 is 0.825 bits per heavy atom. The van der Waals surface area contributed by atoms with Crippen molar-refractivity contribution in [3.8, 4) is 33.4 Å². The van der Waals surface area contributed by atoms with E-state index in [0.717, 1.165) is 32.1 Å². The molecule has 3 aliphatic carbocycles. The third-order valence-corrected chi connectivity index (χ3v) is 15.2. The number of para-hydroxylation sites is 2. The highest BCUT2D eigenvalue weighted by molar-refractivity contribution is 5.87. The molecule has 2 heterocycles. The minimum Gasteiger partial charge on any atom is -0.371 e. The third-order valence-electron chi connectivity index (χ3n) is 15.2. The van der Waals surface area contributed by atoms with Gasteiger partial charge >= 0.3 is 0 Å². The fraction of sp³-hybridized carbons (Fsp3) is 0.321. The summed E-state index contributed by atoms with van der Waals surface area (Å²) < 4.78 is 13.4. The summed E-state index contributed by atoms with van der Waals surface area (Å²) in [5.74, 6) is 0. The summed E-state index contributed by atoms with van der Waals surface area (Å²) in [7, 11) is 3.86. The molecule has 0 radical (unpaired) electrons. The third kappa shape index (κ3) is 4.69. The Hall–Kier alpha value is -5.16. The Morgan fingerprint density at radius 3 is 1.25 bits per heavy atom. The topological polar surface area (TPSA) is 24.9 Å². The molecule has 2 fully saturated rings. The molecule has 0 saturated heterocycles. The van der Waals surface area contributed by atoms with E-state index >= 15 is 0 Å². The van der Waals surface area contributed by atoms with Crippen molar-refractivity contribution >= 4 is 22.7 Å². The molecule has 4 atom stereocenters. The van der Waals surface area contributed by atoms with Crippen molar-refractivity contribution in [1.82, 2.24) is 0 Å². The average Bonchev–Trinajstić information content (AvgIpc) is 3.82. The highest BCUT2D eigenvalue weighted by Gasteiger charge is 2.62. The van der Waals surface area contributed by atoms with Gasteiger partial charge in [0.1, 0.15) is 11.2 Å². The van der Waals surface area contributed by atoms with Crippen LogP contribution < -0.4 is 9.80 Å². The maximum absolute atomic E-state index is 6.70. The maximum atomic E-state index is 6.70. The predicted octanol–water partition coefficient (Wildman–Crippen LogP) is 13.2. The maximum Gasteiger partial charge on any atom is 0.118 e. The van der Waals surface area contributed by atoms with E-state index in [-0.39, 0.29) is 22.3 Å². The molecule has 6 aromatic carbocycles. The van der Waals surface area contributed by atoms with E-state index in [1.165, 1.54) is 104 Å². The van der Waals surface area contributed by atoms with Crippen LogP contribution in [0.15, 0.2) is 133 Å². The second-order valence-electron chi connectivity index (χ2n) is 17.8. The lowest BCUT2D eigenvalue weighted by Crippen LogP contribution is -2.57. The van der Waals surface area contributed by atoms with Crippen LogP contribution in [0, 0.1) is 0 Å². The summed E-state index contributed by atoms with van der Waals surface area (Å²) in [4.78, 5) is 5.16. The van der Waals surface area contributed by atoms with Crippen LogP contribution in [-0.2, 0) is 27.1 Å². The molecule has 0 amide bonds. The Labute approximate surface area is 338 Å². The van der Waals surface area contributed by atoms with Crippen molar-refractivity contribution in [2.75, 3.05) is 24.0 Å². The number of hydrogen-bond acceptors (Lipinski definition) is 4. The summed E-state index contributed by atoms with van der Waals surface area (Å²) in [6.07, 6.45) is 9.98. The quantitative estimate of drug-likeness (QED) is 0.169. The molecule has 2 aliphatic heterocycles. The van der Waals surface area contributed by atoms with E-state index in [0.29, 0.717) is 0 Å². The number of fused-ring (bicyclic) bond motifs is 9. The van der Waals surface area contributed by atoms with Gasteiger partial charge in [-0.1, -0.05) is 98.5 Å². The average molecular weight is 749 g/mol. The summed E-state index contributed by atoms with van der Waals surface area (Å²) in [5, 5.41) is 0. The fourth-order valence-electron chi connectivity index (χ4n) is 12.5. The Kier molecular flexibility index (Phi) is 7.79. The number of benzene rings is 6. The molecule has 4 nitrogen and oxygen atoms in total. The second kappa shape index (κ2) is 12.7. The van der Waals surface area contributed by atoms with Gasteiger partial charge in [-0.15, -0.1) is 0 Å². The lowest BCUT2D eigenvalue weighted by Gasteiger charge is -2.50. The van der Waals surface area contributed by atoms with Crippen molar-refractivity contribution in [2.24, 2.45) is 0 Å². The van der Waals surface area contributed by atoms with Crippen LogP contribution in [0.4, 0.5) is 22.7 Å². The fourth-order valence-corrected chi connectivity index (χ4v) is 12.5. The lowest BCUT2D eigenvalue weighted by atomic mass is 9.68. The van der Waals surface area contributed by atoms with Crippen molar-refractivity contribution in [1.29, 1.82) is 0 Å². The largest absolute Gasteiger partial charge is 0.371 e. The van der Waals surface area contributed by atoms with Crippen molar-refractivity contribution in [3.05, 3.63) is 156 Å². The van der Waals surface area contributed by atoms with Gasteiger partial charge in [-0.3, -0.25) is 0 Å². The van der Waals surface area contributed by atoms with Crippen LogP contribution in [0.3, 0.4) is 0 Å². The molecule has 0 spiro atoms. The number of ether oxygens (including phenoxy) is 2. The highest BCUT2D eigenvalue weighted by atomic mass is 16.5. The molecule has 0 aromatic heterocycles. The molecule has 4 unspecified atom stereocenters. The smallest absolute Gasteiger partial charge is 0.118 e. The van der Waals surface area contributed by atoms with E-state index in [4.69, 9.17) is 9.47 Å². The molecule has 2 saturated carbocycles. The Bertz CT molecular complexity index is 2370. The Morgan fingerprint density at radius 1 is 0.439 bits per heavy atom. The summed E-state index contributed by atoms with van der Waals surface area (Å²) in [6.45, 7) is 4.85. The summed E-state index contributed by atoms with van der Waals surface area (Å²) in [5.41, 5.74) is 17.1. The normalized spacial score (nSPS) is 26.7. The minimum atomic E-state index is -0.366. The zero-order valence-corrected chi connectivity index (χ0v) is 33.8. The lowest BCUT2D eigenvalue weighted by molar-refractivity contribution is -0.0872. The first-order valence-electron chi connectivity index (χ1n) is 21.2. The molecule has 11 rings (SSSR count).